The van der Waals surface area contributed by atoms with Crippen molar-refractivity contribution in [2.45, 2.75) is 19.4 Å². The van der Waals surface area contributed by atoms with E-state index in [0.717, 1.165) is 17.5 Å². The smallest absolute Gasteiger partial charge is 0.220 e. The van der Waals surface area contributed by atoms with E-state index in [0.29, 0.717) is 13.0 Å². The van der Waals surface area contributed by atoms with Gasteiger partial charge in [0.05, 0.1) is 0 Å². The summed E-state index contributed by atoms with van der Waals surface area (Å²) in [5.74, 6) is 0.0720. The highest BCUT2D eigenvalue weighted by atomic mass is 16.1. The average molecular weight is 240 g/mol. The lowest BCUT2D eigenvalue weighted by atomic mass is 10.1. The largest absolute Gasteiger partial charge is 0.352 e. The molecule has 0 aliphatic carbocycles. The summed E-state index contributed by atoms with van der Waals surface area (Å²) >= 11 is 0. The Morgan fingerprint density at radius 2 is 1.83 bits per heavy atom. The average Bonchev–Trinajstić information content (AvgIpc) is 2.45. The van der Waals surface area contributed by atoms with Crippen LogP contribution in [0.5, 0.6) is 0 Å². The van der Waals surface area contributed by atoms with Crippen LogP contribution >= 0.6 is 0 Å². The van der Waals surface area contributed by atoms with Gasteiger partial charge in [0.15, 0.2) is 0 Å². The predicted molar refractivity (Wildman–Crippen MR) is 70.8 cm³/mol. The maximum Gasteiger partial charge on any atom is 0.220 e. The molecule has 0 fully saturated rings. The van der Waals surface area contributed by atoms with Crippen molar-refractivity contribution in [3.8, 4) is 0 Å². The quantitative estimate of drug-likeness (QED) is 0.871. The Balaban J connectivity index is 1.73. The van der Waals surface area contributed by atoms with E-state index >= 15 is 0 Å². The zero-order valence-corrected chi connectivity index (χ0v) is 10.2. The molecule has 0 spiro atoms. The second kappa shape index (κ2) is 6.55. The van der Waals surface area contributed by atoms with E-state index in [4.69, 9.17) is 0 Å². The van der Waals surface area contributed by atoms with Crippen LogP contribution in [0.1, 0.15) is 17.5 Å². The molecule has 1 amide bonds. The minimum absolute atomic E-state index is 0.0720. The number of carbonyl (C=O) groups is 1. The van der Waals surface area contributed by atoms with Crippen molar-refractivity contribution in [3.05, 3.63) is 66.0 Å². The van der Waals surface area contributed by atoms with Crippen molar-refractivity contribution in [1.82, 2.24) is 10.3 Å². The van der Waals surface area contributed by atoms with E-state index in [1.807, 2.05) is 42.5 Å². The lowest BCUT2D eigenvalue weighted by molar-refractivity contribution is -0.121. The van der Waals surface area contributed by atoms with Crippen LogP contribution < -0.4 is 5.32 Å². The molecule has 3 nitrogen and oxygen atoms in total. The first-order chi connectivity index (χ1) is 8.84. The number of amides is 1. The molecule has 1 aromatic heterocycles. The van der Waals surface area contributed by atoms with E-state index in [-0.39, 0.29) is 5.91 Å². The third-order valence-electron chi connectivity index (χ3n) is 2.70. The molecule has 0 unspecified atom stereocenters. The van der Waals surface area contributed by atoms with Crippen molar-refractivity contribution in [2.24, 2.45) is 0 Å². The first-order valence-corrected chi connectivity index (χ1v) is 6.04. The molecule has 92 valence electrons. The monoisotopic (exact) mass is 240 g/mol. The van der Waals surface area contributed by atoms with Crippen molar-refractivity contribution in [1.29, 1.82) is 0 Å². The maximum atomic E-state index is 11.7. The Hall–Kier alpha value is -2.16. The summed E-state index contributed by atoms with van der Waals surface area (Å²) < 4.78 is 0. The van der Waals surface area contributed by atoms with Gasteiger partial charge < -0.3 is 5.32 Å². The van der Waals surface area contributed by atoms with Crippen LogP contribution in [0.2, 0.25) is 0 Å². The van der Waals surface area contributed by atoms with E-state index in [1.165, 1.54) is 0 Å². The molecule has 2 aromatic rings. The Labute approximate surface area is 107 Å². The van der Waals surface area contributed by atoms with Gasteiger partial charge in [0.2, 0.25) is 5.91 Å². The maximum absolute atomic E-state index is 11.7. The summed E-state index contributed by atoms with van der Waals surface area (Å²) in [4.78, 5) is 15.7. The Bertz CT molecular complexity index is 437. The summed E-state index contributed by atoms with van der Waals surface area (Å²) in [5.41, 5.74) is 2.21. The number of benzene rings is 1. The highest BCUT2D eigenvalue weighted by Crippen LogP contribution is 2.01. The lowest BCUT2D eigenvalue weighted by Crippen LogP contribution is -2.22. The fourth-order valence-corrected chi connectivity index (χ4v) is 1.69. The van der Waals surface area contributed by atoms with Gasteiger partial charge >= 0.3 is 0 Å². The van der Waals surface area contributed by atoms with Gasteiger partial charge in [-0.15, -0.1) is 0 Å². The molecular formula is C15H16N2O. The fourth-order valence-electron chi connectivity index (χ4n) is 1.69. The van der Waals surface area contributed by atoms with Gasteiger partial charge in [-0.2, -0.15) is 0 Å². The van der Waals surface area contributed by atoms with Gasteiger partial charge in [-0.1, -0.05) is 36.4 Å². The Kier molecular flexibility index (Phi) is 4.47. The topological polar surface area (TPSA) is 42.0 Å². The molecule has 18 heavy (non-hydrogen) atoms. The molecule has 0 radical (unpaired) electrons. The van der Waals surface area contributed by atoms with Crippen molar-refractivity contribution < 1.29 is 4.79 Å². The minimum atomic E-state index is 0.0720. The van der Waals surface area contributed by atoms with Crippen molar-refractivity contribution in [3.63, 3.8) is 0 Å². The summed E-state index contributed by atoms with van der Waals surface area (Å²) in [6.07, 6.45) is 4.76. The molecule has 1 aromatic carbocycles. The van der Waals surface area contributed by atoms with Gasteiger partial charge in [0, 0.05) is 25.4 Å². The third kappa shape index (κ3) is 4.01. The molecule has 2 rings (SSSR count). The number of nitrogens with zero attached hydrogens (tertiary/aromatic N) is 1. The number of rotatable bonds is 5. The Morgan fingerprint density at radius 3 is 2.56 bits per heavy atom. The molecule has 3 heteroatoms. The van der Waals surface area contributed by atoms with E-state index in [9.17, 15) is 4.79 Å². The van der Waals surface area contributed by atoms with Gasteiger partial charge in [-0.25, -0.2) is 0 Å². The highest BCUT2D eigenvalue weighted by Gasteiger charge is 2.02. The lowest BCUT2D eigenvalue weighted by Gasteiger charge is -2.05. The fraction of sp³-hybridized carbons (Fsp3) is 0.200. The van der Waals surface area contributed by atoms with E-state index in [2.05, 4.69) is 10.3 Å². The summed E-state index contributed by atoms with van der Waals surface area (Å²) in [6.45, 7) is 0.590. The number of aryl methyl sites for hydroxylation is 1. The zero-order valence-electron chi connectivity index (χ0n) is 10.2. The molecule has 0 atom stereocenters. The van der Waals surface area contributed by atoms with Crippen LogP contribution in [-0.4, -0.2) is 10.9 Å². The zero-order chi connectivity index (χ0) is 12.6. The minimum Gasteiger partial charge on any atom is -0.352 e. The van der Waals surface area contributed by atoms with Gasteiger partial charge in [-0.3, -0.25) is 9.78 Å². The number of aromatic nitrogens is 1. The number of hydrogen-bond donors (Lipinski definition) is 1. The van der Waals surface area contributed by atoms with E-state index in [1.54, 1.807) is 12.4 Å². The molecule has 0 bridgehead atoms. The summed E-state index contributed by atoms with van der Waals surface area (Å²) in [5, 5.41) is 2.91. The van der Waals surface area contributed by atoms with Gasteiger partial charge in [0.1, 0.15) is 0 Å². The number of nitrogens with one attached hydrogen (secondary N) is 1. The molecule has 0 saturated heterocycles. The second-order valence-electron chi connectivity index (χ2n) is 4.12. The number of hydrogen-bond acceptors (Lipinski definition) is 2. The first kappa shape index (κ1) is 12.3. The van der Waals surface area contributed by atoms with Crippen LogP contribution in [0.15, 0.2) is 54.9 Å². The van der Waals surface area contributed by atoms with Gasteiger partial charge in [-0.05, 0) is 23.6 Å². The predicted octanol–water partition coefficient (Wildman–Crippen LogP) is 2.33. The third-order valence-corrected chi connectivity index (χ3v) is 2.70. The highest BCUT2D eigenvalue weighted by molar-refractivity contribution is 5.76. The molecule has 1 N–H and O–H groups in total. The Morgan fingerprint density at radius 1 is 1.06 bits per heavy atom. The van der Waals surface area contributed by atoms with Crippen LogP contribution in [0.3, 0.4) is 0 Å². The van der Waals surface area contributed by atoms with E-state index < -0.39 is 0 Å². The summed E-state index contributed by atoms with van der Waals surface area (Å²) in [6, 6.07) is 13.8. The normalized spacial score (nSPS) is 10.0. The molecule has 0 aliphatic rings. The number of pyridine rings is 1. The first-order valence-electron chi connectivity index (χ1n) is 6.04. The van der Waals surface area contributed by atoms with Crippen LogP contribution in [0.4, 0.5) is 0 Å². The molecular weight excluding hydrogens is 224 g/mol. The van der Waals surface area contributed by atoms with Crippen LogP contribution in [-0.2, 0) is 17.8 Å². The van der Waals surface area contributed by atoms with Crippen LogP contribution in [0, 0.1) is 0 Å². The molecule has 0 saturated carbocycles. The van der Waals surface area contributed by atoms with Gasteiger partial charge in [0.25, 0.3) is 0 Å². The molecule has 0 aliphatic heterocycles. The standard InChI is InChI=1S/C15H16N2O/c18-15(9-8-14-7-4-10-16-11-14)17-12-13-5-2-1-3-6-13/h1-7,10-11H,8-9,12H2,(H,17,18). The van der Waals surface area contributed by atoms with Crippen LogP contribution in [0.25, 0.3) is 0 Å². The number of carbonyl (C=O) groups excluding carboxylic acids is 1. The SMILES string of the molecule is O=C(CCc1cccnc1)NCc1ccccc1. The summed E-state index contributed by atoms with van der Waals surface area (Å²) in [7, 11) is 0. The molecule has 1 heterocycles. The van der Waals surface area contributed by atoms with Crippen molar-refractivity contribution in [2.75, 3.05) is 0 Å². The van der Waals surface area contributed by atoms with Crippen molar-refractivity contribution >= 4 is 5.91 Å². The second-order valence-corrected chi connectivity index (χ2v) is 4.12.